The van der Waals surface area contributed by atoms with Crippen LogP contribution in [0.3, 0.4) is 0 Å². The molecule has 0 amide bonds. The standard InChI is InChI=1S/C13H13FN4O/c1-9(2)8-19-13-11(14)4-3-5-12(13)18-17-10(6-15)7-16/h3-5,9,18H,8H2,1-2H3. The molecule has 5 nitrogen and oxygen atoms in total. The van der Waals surface area contributed by atoms with Crippen molar-refractivity contribution in [2.45, 2.75) is 13.8 Å². The van der Waals surface area contributed by atoms with Gasteiger partial charge in [-0.15, -0.1) is 0 Å². The summed E-state index contributed by atoms with van der Waals surface area (Å²) in [5.41, 5.74) is 2.38. The summed E-state index contributed by atoms with van der Waals surface area (Å²) >= 11 is 0. The number of hydrogen-bond donors (Lipinski definition) is 1. The molecule has 0 radical (unpaired) electrons. The number of rotatable bonds is 5. The van der Waals surface area contributed by atoms with Crippen LogP contribution in [0.15, 0.2) is 23.3 Å². The van der Waals surface area contributed by atoms with Crippen LogP contribution in [0.1, 0.15) is 13.8 Å². The van der Waals surface area contributed by atoms with Gasteiger partial charge in [-0.3, -0.25) is 5.43 Å². The van der Waals surface area contributed by atoms with Crippen LogP contribution in [0.5, 0.6) is 5.75 Å². The first-order valence-corrected chi connectivity index (χ1v) is 5.63. The fourth-order valence-electron chi connectivity index (χ4n) is 1.18. The summed E-state index contributed by atoms with van der Waals surface area (Å²) in [6.45, 7) is 4.23. The molecule has 98 valence electrons. The zero-order valence-electron chi connectivity index (χ0n) is 10.6. The molecule has 0 atom stereocenters. The van der Waals surface area contributed by atoms with Crippen LogP contribution in [-0.2, 0) is 0 Å². The van der Waals surface area contributed by atoms with Crippen LogP contribution in [0, 0.1) is 34.4 Å². The first-order chi connectivity index (χ1) is 9.08. The normalized spacial score (nSPS) is 9.37. The summed E-state index contributed by atoms with van der Waals surface area (Å²) in [5, 5.41) is 20.7. The van der Waals surface area contributed by atoms with Crippen LogP contribution in [0.4, 0.5) is 10.1 Å². The van der Waals surface area contributed by atoms with E-state index in [-0.39, 0.29) is 23.1 Å². The summed E-state index contributed by atoms with van der Waals surface area (Å²) in [5.74, 6) is -0.267. The number of ether oxygens (including phenoxy) is 1. The van der Waals surface area contributed by atoms with Gasteiger partial charge in [-0.1, -0.05) is 19.9 Å². The number of nitriles is 2. The van der Waals surface area contributed by atoms with Gasteiger partial charge in [0.05, 0.1) is 6.61 Å². The third kappa shape index (κ3) is 4.29. The van der Waals surface area contributed by atoms with Crippen molar-refractivity contribution in [3.05, 3.63) is 24.0 Å². The van der Waals surface area contributed by atoms with Crippen molar-refractivity contribution in [1.29, 1.82) is 10.5 Å². The fourth-order valence-corrected chi connectivity index (χ4v) is 1.18. The minimum absolute atomic E-state index is 0.0233. The monoisotopic (exact) mass is 260 g/mol. The molecule has 0 fully saturated rings. The Kier molecular flexibility index (Phi) is 5.31. The molecule has 0 unspecified atom stereocenters. The van der Waals surface area contributed by atoms with Crippen LogP contribution in [0.2, 0.25) is 0 Å². The van der Waals surface area contributed by atoms with Crippen molar-refractivity contribution in [2.75, 3.05) is 12.0 Å². The first-order valence-electron chi connectivity index (χ1n) is 5.63. The molecule has 0 heterocycles. The van der Waals surface area contributed by atoms with Gasteiger partial charge in [-0.2, -0.15) is 15.6 Å². The molecule has 1 aromatic carbocycles. The summed E-state index contributed by atoms with van der Waals surface area (Å²) in [6.07, 6.45) is 0. The van der Waals surface area contributed by atoms with Gasteiger partial charge in [-0.25, -0.2) is 4.39 Å². The number of hydrazone groups is 1. The highest BCUT2D eigenvalue weighted by atomic mass is 19.1. The van der Waals surface area contributed by atoms with E-state index in [2.05, 4.69) is 10.5 Å². The first kappa shape index (κ1) is 14.5. The highest BCUT2D eigenvalue weighted by Gasteiger charge is 2.10. The van der Waals surface area contributed by atoms with E-state index in [1.165, 1.54) is 12.1 Å². The second-order valence-corrected chi connectivity index (χ2v) is 4.12. The molecule has 6 heteroatoms. The van der Waals surface area contributed by atoms with Gasteiger partial charge in [0.1, 0.15) is 17.8 Å². The Morgan fingerprint density at radius 3 is 2.68 bits per heavy atom. The Morgan fingerprint density at radius 2 is 2.11 bits per heavy atom. The van der Waals surface area contributed by atoms with E-state index in [1.807, 2.05) is 13.8 Å². The van der Waals surface area contributed by atoms with Gasteiger partial charge in [0.25, 0.3) is 0 Å². The van der Waals surface area contributed by atoms with Gasteiger partial charge >= 0.3 is 0 Å². The number of nitrogens with one attached hydrogen (secondary N) is 1. The van der Waals surface area contributed by atoms with E-state index in [9.17, 15) is 4.39 Å². The van der Waals surface area contributed by atoms with Gasteiger partial charge in [-0.05, 0) is 18.1 Å². The Morgan fingerprint density at radius 1 is 1.42 bits per heavy atom. The minimum atomic E-state index is -0.531. The molecule has 0 saturated carbocycles. The van der Waals surface area contributed by atoms with Crippen LogP contribution >= 0.6 is 0 Å². The molecule has 0 saturated heterocycles. The average molecular weight is 260 g/mol. The van der Waals surface area contributed by atoms with E-state index in [1.54, 1.807) is 18.2 Å². The fraction of sp³-hybridized carbons (Fsp3) is 0.308. The molecular weight excluding hydrogens is 247 g/mol. The number of halogens is 1. The second kappa shape index (κ2) is 6.97. The topological polar surface area (TPSA) is 81.2 Å². The SMILES string of the molecule is CC(C)COc1c(F)cccc1NN=C(C#N)C#N. The van der Waals surface area contributed by atoms with Crippen LogP contribution < -0.4 is 10.2 Å². The Hall–Kier alpha value is -2.60. The molecule has 0 spiro atoms. The molecular formula is C13H13FN4O. The van der Waals surface area contributed by atoms with Gasteiger partial charge in [0.15, 0.2) is 11.6 Å². The Labute approximate surface area is 110 Å². The lowest BCUT2D eigenvalue weighted by Gasteiger charge is -2.13. The predicted molar refractivity (Wildman–Crippen MR) is 69.0 cm³/mol. The maximum absolute atomic E-state index is 13.6. The van der Waals surface area contributed by atoms with Crippen molar-refractivity contribution < 1.29 is 9.13 Å². The Bertz CT molecular complexity index is 539. The third-order valence-electron chi connectivity index (χ3n) is 2.03. The van der Waals surface area contributed by atoms with E-state index in [4.69, 9.17) is 15.3 Å². The molecule has 1 rings (SSSR count). The van der Waals surface area contributed by atoms with E-state index >= 15 is 0 Å². The zero-order valence-corrected chi connectivity index (χ0v) is 10.6. The molecule has 1 aromatic rings. The zero-order chi connectivity index (χ0) is 14.3. The summed E-state index contributed by atoms with van der Waals surface area (Å²) in [6, 6.07) is 7.49. The molecule has 0 aliphatic heterocycles. The number of para-hydroxylation sites is 1. The van der Waals surface area contributed by atoms with Gasteiger partial charge < -0.3 is 4.74 Å². The van der Waals surface area contributed by atoms with E-state index < -0.39 is 5.82 Å². The smallest absolute Gasteiger partial charge is 0.237 e. The number of benzene rings is 1. The van der Waals surface area contributed by atoms with E-state index in [0.717, 1.165) is 0 Å². The number of anilines is 1. The predicted octanol–water partition coefficient (Wildman–Crippen LogP) is 2.68. The summed E-state index contributed by atoms with van der Waals surface area (Å²) < 4.78 is 19.0. The average Bonchev–Trinajstić information content (AvgIpc) is 2.38. The molecule has 0 aliphatic rings. The van der Waals surface area contributed by atoms with Crippen molar-refractivity contribution in [1.82, 2.24) is 0 Å². The lowest BCUT2D eigenvalue weighted by Crippen LogP contribution is -2.08. The summed E-state index contributed by atoms with van der Waals surface area (Å²) in [4.78, 5) is 0. The third-order valence-corrected chi connectivity index (χ3v) is 2.03. The van der Waals surface area contributed by atoms with Crippen LogP contribution in [0.25, 0.3) is 0 Å². The molecule has 0 aliphatic carbocycles. The quantitative estimate of drug-likeness (QED) is 0.651. The molecule has 0 aromatic heterocycles. The highest BCUT2D eigenvalue weighted by Crippen LogP contribution is 2.28. The summed E-state index contributed by atoms with van der Waals surface area (Å²) in [7, 11) is 0. The number of nitrogens with zero attached hydrogens (tertiary/aromatic N) is 3. The van der Waals surface area contributed by atoms with Gasteiger partial charge in [0, 0.05) is 0 Å². The second-order valence-electron chi connectivity index (χ2n) is 4.12. The number of hydrogen-bond acceptors (Lipinski definition) is 5. The Balaban J connectivity index is 2.95. The maximum Gasteiger partial charge on any atom is 0.237 e. The lowest BCUT2D eigenvalue weighted by molar-refractivity contribution is 0.260. The lowest BCUT2D eigenvalue weighted by atomic mass is 10.2. The van der Waals surface area contributed by atoms with Gasteiger partial charge in [0.2, 0.25) is 5.71 Å². The van der Waals surface area contributed by atoms with Crippen LogP contribution in [-0.4, -0.2) is 12.3 Å². The molecule has 1 N–H and O–H groups in total. The maximum atomic E-state index is 13.6. The molecule has 0 bridgehead atoms. The minimum Gasteiger partial charge on any atom is -0.488 e. The van der Waals surface area contributed by atoms with Crippen molar-refractivity contribution in [3.8, 4) is 17.9 Å². The van der Waals surface area contributed by atoms with Crippen molar-refractivity contribution in [3.63, 3.8) is 0 Å². The van der Waals surface area contributed by atoms with E-state index in [0.29, 0.717) is 6.61 Å². The van der Waals surface area contributed by atoms with Crippen molar-refractivity contribution in [2.24, 2.45) is 11.0 Å². The molecule has 19 heavy (non-hydrogen) atoms. The largest absolute Gasteiger partial charge is 0.488 e. The highest BCUT2D eigenvalue weighted by molar-refractivity contribution is 6.10. The van der Waals surface area contributed by atoms with Crippen molar-refractivity contribution >= 4 is 11.4 Å².